The third-order valence-electron chi connectivity index (χ3n) is 4.24. The normalized spacial score (nSPS) is 18.3. The summed E-state index contributed by atoms with van der Waals surface area (Å²) in [5, 5.41) is 7.09. The summed E-state index contributed by atoms with van der Waals surface area (Å²) in [5.41, 5.74) is 0. The van der Waals surface area contributed by atoms with Crippen LogP contribution in [0, 0.1) is 5.92 Å². The third kappa shape index (κ3) is 3.76. The van der Waals surface area contributed by atoms with Gasteiger partial charge in [-0.25, -0.2) is 9.78 Å². The predicted molar refractivity (Wildman–Crippen MR) is 94.8 cm³/mol. The van der Waals surface area contributed by atoms with Crippen molar-refractivity contribution in [2.45, 2.75) is 52.6 Å². The van der Waals surface area contributed by atoms with Crippen molar-refractivity contribution in [3.05, 3.63) is 24.0 Å². The lowest BCUT2D eigenvalue weighted by atomic mass is 10.0. The van der Waals surface area contributed by atoms with E-state index in [1.807, 2.05) is 20.8 Å². The summed E-state index contributed by atoms with van der Waals surface area (Å²) in [4.78, 5) is 26.7. The number of nitrogens with one attached hydrogen (secondary N) is 1. The summed E-state index contributed by atoms with van der Waals surface area (Å²) in [6, 6.07) is 1.40. The molecule has 3 rings (SSSR count). The van der Waals surface area contributed by atoms with E-state index in [0.29, 0.717) is 30.1 Å². The third-order valence-corrected chi connectivity index (χ3v) is 4.24. The molecule has 1 aliphatic rings. The van der Waals surface area contributed by atoms with Gasteiger partial charge < -0.3 is 14.6 Å². The first-order valence-corrected chi connectivity index (χ1v) is 8.87. The van der Waals surface area contributed by atoms with Gasteiger partial charge in [-0.05, 0) is 25.3 Å². The molecule has 0 radical (unpaired) electrons. The number of carbonyl (C=O) groups is 1. The second kappa shape index (κ2) is 7.67. The van der Waals surface area contributed by atoms with Crippen molar-refractivity contribution < 1.29 is 14.1 Å². The summed E-state index contributed by atoms with van der Waals surface area (Å²) in [5.74, 6) is 2.30. The van der Waals surface area contributed by atoms with E-state index in [1.54, 1.807) is 17.2 Å². The van der Waals surface area contributed by atoms with Gasteiger partial charge in [-0.1, -0.05) is 25.9 Å². The minimum atomic E-state index is -0.387. The molecule has 26 heavy (non-hydrogen) atoms. The van der Waals surface area contributed by atoms with E-state index >= 15 is 0 Å². The molecule has 2 atom stereocenters. The highest BCUT2D eigenvalue weighted by atomic mass is 16.6. The van der Waals surface area contributed by atoms with Crippen LogP contribution < -0.4 is 10.2 Å². The molecule has 0 aromatic carbocycles. The first-order chi connectivity index (χ1) is 12.5. The maximum atomic E-state index is 12.1. The number of nitrogens with zero attached hydrogens (tertiary/aromatic N) is 5. The molecular formula is C17H24N6O3. The Bertz CT molecular complexity index is 762. The quantitative estimate of drug-likeness (QED) is 0.803. The highest BCUT2D eigenvalue weighted by molar-refractivity contribution is 5.89. The van der Waals surface area contributed by atoms with Crippen LogP contribution >= 0.6 is 0 Å². The van der Waals surface area contributed by atoms with Gasteiger partial charge in [-0.3, -0.25) is 4.90 Å². The van der Waals surface area contributed by atoms with Crippen LogP contribution in [-0.4, -0.2) is 38.9 Å². The maximum Gasteiger partial charge on any atom is 0.415 e. The fourth-order valence-corrected chi connectivity index (χ4v) is 2.77. The van der Waals surface area contributed by atoms with E-state index in [2.05, 4.69) is 32.3 Å². The first kappa shape index (κ1) is 18.1. The summed E-state index contributed by atoms with van der Waals surface area (Å²) < 4.78 is 10.5. The Kier molecular flexibility index (Phi) is 5.34. The second-order valence-corrected chi connectivity index (χ2v) is 6.66. The number of aryl methyl sites for hydroxylation is 1. The van der Waals surface area contributed by atoms with Crippen molar-refractivity contribution in [1.29, 1.82) is 0 Å². The summed E-state index contributed by atoms with van der Waals surface area (Å²) >= 11 is 0. The fraction of sp³-hybridized carbons (Fsp3) is 0.588. The van der Waals surface area contributed by atoms with Gasteiger partial charge in [0.2, 0.25) is 11.8 Å². The Morgan fingerprint density at radius 1 is 1.35 bits per heavy atom. The highest BCUT2D eigenvalue weighted by Gasteiger charge is 2.37. The van der Waals surface area contributed by atoms with Crippen LogP contribution in [0.15, 0.2) is 16.8 Å². The van der Waals surface area contributed by atoms with Crippen LogP contribution in [0.3, 0.4) is 0 Å². The number of amides is 1. The lowest BCUT2D eigenvalue weighted by Gasteiger charge is -2.23. The molecule has 1 unspecified atom stereocenters. The van der Waals surface area contributed by atoms with Gasteiger partial charge in [0.25, 0.3) is 0 Å². The van der Waals surface area contributed by atoms with E-state index < -0.39 is 0 Å². The monoisotopic (exact) mass is 360 g/mol. The van der Waals surface area contributed by atoms with Crippen molar-refractivity contribution >= 4 is 17.9 Å². The van der Waals surface area contributed by atoms with Crippen molar-refractivity contribution in [2.24, 2.45) is 5.92 Å². The number of hydrogen-bond acceptors (Lipinski definition) is 8. The van der Waals surface area contributed by atoms with E-state index in [4.69, 9.17) is 9.26 Å². The molecular weight excluding hydrogens is 336 g/mol. The van der Waals surface area contributed by atoms with Crippen LogP contribution in [0.4, 0.5) is 16.6 Å². The van der Waals surface area contributed by atoms with Gasteiger partial charge in [-0.2, -0.15) is 9.97 Å². The zero-order valence-electron chi connectivity index (χ0n) is 15.5. The molecule has 1 fully saturated rings. The number of carbonyl (C=O) groups excluding carboxylic acids is 1. The zero-order valence-corrected chi connectivity index (χ0v) is 15.5. The van der Waals surface area contributed by atoms with Crippen molar-refractivity contribution in [3.8, 4) is 0 Å². The average Bonchev–Trinajstić information content (AvgIpc) is 3.22. The zero-order chi connectivity index (χ0) is 18.7. The first-order valence-electron chi connectivity index (χ1n) is 8.87. The lowest BCUT2D eigenvalue weighted by Crippen LogP contribution is -2.37. The standard InChI is InChI=1S/C17H24N6O3/c1-5-6-13-20-15(26-22-13)11(4)19-16-18-8-7-14(21-16)23-12(10(2)3)9-25-17(23)24/h7-8,10-12H,5-6,9H2,1-4H3,(H,18,19,21)/t11?,12-/m1/s1. The molecule has 0 aliphatic carbocycles. The van der Waals surface area contributed by atoms with E-state index in [0.717, 1.165) is 12.8 Å². The summed E-state index contributed by atoms with van der Waals surface area (Å²) in [6.45, 7) is 8.41. The topological polar surface area (TPSA) is 106 Å². The lowest BCUT2D eigenvalue weighted by molar-refractivity contribution is 0.177. The van der Waals surface area contributed by atoms with E-state index in [9.17, 15) is 4.79 Å². The molecule has 9 nitrogen and oxygen atoms in total. The molecule has 0 bridgehead atoms. The van der Waals surface area contributed by atoms with Crippen LogP contribution in [0.1, 0.15) is 51.9 Å². The number of rotatable bonds is 7. The Hall–Kier alpha value is -2.71. The number of anilines is 2. The van der Waals surface area contributed by atoms with Crippen LogP contribution in [0.2, 0.25) is 0 Å². The fourth-order valence-electron chi connectivity index (χ4n) is 2.77. The Balaban J connectivity index is 1.75. The number of cyclic esters (lactones) is 1. The highest BCUT2D eigenvalue weighted by Crippen LogP contribution is 2.26. The molecule has 0 spiro atoms. The van der Waals surface area contributed by atoms with Gasteiger partial charge in [0, 0.05) is 12.6 Å². The van der Waals surface area contributed by atoms with Gasteiger partial charge in [0.05, 0.1) is 6.04 Å². The Morgan fingerprint density at radius 3 is 2.88 bits per heavy atom. The number of aromatic nitrogens is 4. The van der Waals surface area contributed by atoms with Gasteiger partial charge >= 0.3 is 6.09 Å². The average molecular weight is 360 g/mol. The summed E-state index contributed by atoms with van der Waals surface area (Å²) in [7, 11) is 0. The van der Waals surface area contributed by atoms with E-state index in [-0.39, 0.29) is 24.1 Å². The molecule has 1 aliphatic heterocycles. The smallest absolute Gasteiger partial charge is 0.415 e. The van der Waals surface area contributed by atoms with E-state index in [1.165, 1.54) is 0 Å². The molecule has 2 aromatic heterocycles. The van der Waals surface area contributed by atoms with Crippen molar-refractivity contribution in [3.63, 3.8) is 0 Å². The molecule has 3 heterocycles. The predicted octanol–water partition coefficient (Wildman–Crippen LogP) is 2.97. The minimum absolute atomic E-state index is 0.0461. The molecule has 9 heteroatoms. The number of ether oxygens (including phenoxy) is 1. The Morgan fingerprint density at radius 2 is 2.15 bits per heavy atom. The number of hydrogen-bond donors (Lipinski definition) is 1. The molecule has 1 N–H and O–H groups in total. The minimum Gasteiger partial charge on any atom is -0.447 e. The molecule has 1 amide bonds. The van der Waals surface area contributed by atoms with Crippen molar-refractivity contribution in [2.75, 3.05) is 16.8 Å². The summed E-state index contributed by atoms with van der Waals surface area (Å²) in [6.07, 6.45) is 2.95. The Labute approximate surface area is 152 Å². The van der Waals surface area contributed by atoms with Gasteiger partial charge in [-0.15, -0.1) is 0 Å². The van der Waals surface area contributed by atoms with Gasteiger partial charge in [0.15, 0.2) is 5.82 Å². The van der Waals surface area contributed by atoms with Gasteiger partial charge in [0.1, 0.15) is 18.5 Å². The molecule has 0 saturated carbocycles. The van der Waals surface area contributed by atoms with Crippen LogP contribution in [0.5, 0.6) is 0 Å². The molecule has 140 valence electrons. The largest absolute Gasteiger partial charge is 0.447 e. The molecule has 1 saturated heterocycles. The maximum absolute atomic E-state index is 12.1. The SMILES string of the molecule is CCCc1noc(C(C)Nc2nccc(N3C(=O)OC[C@@H]3C(C)C)n2)n1. The second-order valence-electron chi connectivity index (χ2n) is 6.66. The van der Waals surface area contributed by atoms with Crippen molar-refractivity contribution in [1.82, 2.24) is 20.1 Å². The van der Waals surface area contributed by atoms with Crippen LogP contribution in [-0.2, 0) is 11.2 Å². The van der Waals surface area contributed by atoms with Crippen LogP contribution in [0.25, 0.3) is 0 Å². The molecule has 2 aromatic rings.